The van der Waals surface area contributed by atoms with Crippen molar-refractivity contribution in [2.45, 2.75) is 6.04 Å². The zero-order chi connectivity index (χ0) is 12.3. The van der Waals surface area contributed by atoms with Crippen LogP contribution in [0, 0.1) is 5.41 Å². The topological polar surface area (TPSA) is 51.6 Å². The fraction of sp³-hybridized carbons (Fsp3) is 0.417. The highest BCUT2D eigenvalue weighted by molar-refractivity contribution is 5.75. The van der Waals surface area contributed by atoms with Crippen molar-refractivity contribution in [2.75, 3.05) is 27.2 Å². The van der Waals surface area contributed by atoms with Gasteiger partial charge in [0.1, 0.15) is 0 Å². The molecule has 1 aromatic rings. The first-order chi connectivity index (χ1) is 8.16. The Bertz CT molecular complexity index is 379. The average molecular weight is 234 g/mol. The molecule has 17 heavy (non-hydrogen) atoms. The van der Waals surface area contributed by atoms with Crippen molar-refractivity contribution in [3.63, 3.8) is 0 Å². The number of hydrogen-bond acceptors (Lipinski definition) is 5. The molecule has 0 saturated carbocycles. The molecule has 92 valence electrons. The summed E-state index contributed by atoms with van der Waals surface area (Å²) in [5, 5.41) is 9.30. The van der Waals surface area contributed by atoms with Gasteiger partial charge in [0.25, 0.3) is 0 Å². The second kappa shape index (κ2) is 5.27. The fourth-order valence-electron chi connectivity index (χ4n) is 1.91. The third-order valence-electron chi connectivity index (χ3n) is 2.83. The van der Waals surface area contributed by atoms with E-state index in [9.17, 15) is 0 Å². The predicted octanol–water partition coefficient (Wildman–Crippen LogP) is 1.02. The fourth-order valence-corrected chi connectivity index (χ4v) is 1.91. The SMILES string of the molecule is CN(C)C(CN1CC(=N)ON1)c1ccccc1. The van der Waals surface area contributed by atoms with Crippen LogP contribution in [0.3, 0.4) is 0 Å². The van der Waals surface area contributed by atoms with Crippen LogP contribution in [0.4, 0.5) is 0 Å². The van der Waals surface area contributed by atoms with Crippen LogP contribution >= 0.6 is 0 Å². The molecule has 2 rings (SSSR count). The van der Waals surface area contributed by atoms with E-state index in [2.05, 4.69) is 36.7 Å². The smallest absolute Gasteiger partial charge is 0.224 e. The highest BCUT2D eigenvalue weighted by atomic mass is 16.7. The summed E-state index contributed by atoms with van der Waals surface area (Å²) in [6, 6.07) is 10.6. The third-order valence-corrected chi connectivity index (χ3v) is 2.83. The van der Waals surface area contributed by atoms with E-state index in [1.54, 1.807) is 0 Å². The maximum atomic E-state index is 7.40. The summed E-state index contributed by atoms with van der Waals surface area (Å²) in [7, 11) is 4.11. The Morgan fingerprint density at radius 2 is 2.12 bits per heavy atom. The van der Waals surface area contributed by atoms with Gasteiger partial charge in [-0.1, -0.05) is 35.9 Å². The minimum absolute atomic E-state index is 0.260. The Balaban J connectivity index is 2.06. The van der Waals surface area contributed by atoms with E-state index in [4.69, 9.17) is 10.2 Å². The van der Waals surface area contributed by atoms with Gasteiger partial charge in [-0.15, -0.1) is 0 Å². The number of nitrogens with one attached hydrogen (secondary N) is 2. The van der Waals surface area contributed by atoms with Crippen LogP contribution in [0.5, 0.6) is 0 Å². The monoisotopic (exact) mass is 234 g/mol. The Hall–Kier alpha value is -1.43. The molecule has 1 unspecified atom stereocenters. The van der Waals surface area contributed by atoms with Crippen LogP contribution in [-0.2, 0) is 4.84 Å². The molecule has 0 aliphatic carbocycles. The maximum Gasteiger partial charge on any atom is 0.224 e. The largest absolute Gasteiger partial charge is 0.377 e. The summed E-state index contributed by atoms with van der Waals surface area (Å²) in [4.78, 5) is 7.09. The number of benzene rings is 1. The summed E-state index contributed by atoms with van der Waals surface area (Å²) in [5.74, 6) is 0.260. The van der Waals surface area contributed by atoms with Gasteiger partial charge in [-0.25, -0.2) is 5.01 Å². The van der Waals surface area contributed by atoms with Gasteiger partial charge in [0.15, 0.2) is 0 Å². The number of hydrazine groups is 1. The molecule has 1 aliphatic rings. The minimum Gasteiger partial charge on any atom is -0.377 e. The molecule has 0 bridgehead atoms. The molecule has 0 amide bonds. The molecule has 0 aromatic heterocycles. The zero-order valence-corrected chi connectivity index (χ0v) is 10.2. The zero-order valence-electron chi connectivity index (χ0n) is 10.2. The molecule has 5 heteroatoms. The van der Waals surface area contributed by atoms with E-state index in [1.807, 2.05) is 23.2 Å². The van der Waals surface area contributed by atoms with E-state index in [1.165, 1.54) is 5.56 Å². The average Bonchev–Trinajstić information content (AvgIpc) is 2.73. The van der Waals surface area contributed by atoms with E-state index >= 15 is 0 Å². The standard InChI is InChI=1S/C12H18N4O/c1-15(2)11(10-6-4-3-5-7-10)8-16-9-12(13)17-14-16/h3-7,11,13-14H,8-9H2,1-2H3. The predicted molar refractivity (Wildman–Crippen MR) is 66.4 cm³/mol. The normalized spacial score (nSPS) is 18.4. The van der Waals surface area contributed by atoms with Crippen molar-refractivity contribution < 1.29 is 4.84 Å². The van der Waals surface area contributed by atoms with Gasteiger partial charge in [0, 0.05) is 12.6 Å². The summed E-state index contributed by atoms with van der Waals surface area (Å²) in [6.45, 7) is 1.29. The van der Waals surface area contributed by atoms with Crippen molar-refractivity contribution in [1.82, 2.24) is 15.5 Å². The van der Waals surface area contributed by atoms with Crippen molar-refractivity contribution in [3.05, 3.63) is 35.9 Å². The van der Waals surface area contributed by atoms with Gasteiger partial charge in [-0.2, -0.15) is 0 Å². The van der Waals surface area contributed by atoms with Gasteiger partial charge in [-0.05, 0) is 19.7 Å². The van der Waals surface area contributed by atoms with E-state index < -0.39 is 0 Å². The summed E-state index contributed by atoms with van der Waals surface area (Å²) in [6.07, 6.45) is 0. The van der Waals surface area contributed by atoms with Crippen molar-refractivity contribution in [2.24, 2.45) is 0 Å². The van der Waals surface area contributed by atoms with Gasteiger partial charge < -0.3 is 9.74 Å². The molecule has 1 fully saturated rings. The maximum absolute atomic E-state index is 7.40. The Morgan fingerprint density at radius 3 is 2.65 bits per heavy atom. The lowest BCUT2D eigenvalue weighted by Crippen LogP contribution is -2.38. The highest BCUT2D eigenvalue weighted by Crippen LogP contribution is 2.19. The van der Waals surface area contributed by atoms with E-state index in [0.29, 0.717) is 6.54 Å². The Morgan fingerprint density at radius 1 is 1.41 bits per heavy atom. The van der Waals surface area contributed by atoms with Crippen molar-refractivity contribution in [3.8, 4) is 0 Å². The molecule has 0 spiro atoms. The second-order valence-corrected chi connectivity index (χ2v) is 4.39. The number of rotatable bonds is 4. The first kappa shape index (κ1) is 12.0. The van der Waals surface area contributed by atoms with Crippen LogP contribution in [0.1, 0.15) is 11.6 Å². The lowest BCUT2D eigenvalue weighted by molar-refractivity contribution is 0.0368. The van der Waals surface area contributed by atoms with Gasteiger partial charge >= 0.3 is 0 Å². The molecular formula is C12H18N4O. The van der Waals surface area contributed by atoms with Crippen LogP contribution in [0.15, 0.2) is 30.3 Å². The molecule has 1 atom stereocenters. The molecule has 2 N–H and O–H groups in total. The molecule has 1 heterocycles. The van der Waals surface area contributed by atoms with Crippen LogP contribution in [0.25, 0.3) is 0 Å². The van der Waals surface area contributed by atoms with Gasteiger partial charge in [-0.3, -0.25) is 5.41 Å². The number of hydrogen-bond donors (Lipinski definition) is 2. The van der Waals surface area contributed by atoms with E-state index in [-0.39, 0.29) is 11.9 Å². The number of likely N-dealkylation sites (N-methyl/N-ethyl adjacent to an activating group) is 1. The summed E-state index contributed by atoms with van der Waals surface area (Å²) >= 11 is 0. The van der Waals surface area contributed by atoms with Gasteiger partial charge in [0.05, 0.1) is 6.54 Å². The van der Waals surface area contributed by atoms with Crippen molar-refractivity contribution in [1.29, 1.82) is 5.41 Å². The number of nitrogens with zero attached hydrogens (tertiary/aromatic N) is 2. The second-order valence-electron chi connectivity index (χ2n) is 4.39. The molecule has 0 radical (unpaired) electrons. The molecule has 1 saturated heterocycles. The quantitative estimate of drug-likeness (QED) is 0.816. The van der Waals surface area contributed by atoms with Gasteiger partial charge in [0.2, 0.25) is 5.90 Å². The van der Waals surface area contributed by atoms with Crippen LogP contribution in [-0.4, -0.2) is 43.0 Å². The third kappa shape index (κ3) is 3.03. The molecule has 5 nitrogen and oxygen atoms in total. The molecule has 1 aliphatic heterocycles. The Kier molecular flexibility index (Phi) is 3.73. The van der Waals surface area contributed by atoms with Crippen LogP contribution in [0.2, 0.25) is 0 Å². The van der Waals surface area contributed by atoms with Crippen LogP contribution < -0.4 is 5.59 Å². The minimum atomic E-state index is 0.260. The highest BCUT2D eigenvalue weighted by Gasteiger charge is 2.23. The van der Waals surface area contributed by atoms with E-state index in [0.717, 1.165) is 6.54 Å². The lowest BCUT2D eigenvalue weighted by atomic mass is 10.1. The first-order valence-electron chi connectivity index (χ1n) is 5.63. The molecule has 1 aromatic carbocycles. The molecular weight excluding hydrogens is 216 g/mol. The Labute approximate surface area is 101 Å². The summed E-state index contributed by atoms with van der Waals surface area (Å²) < 4.78 is 0. The van der Waals surface area contributed by atoms with Crippen molar-refractivity contribution >= 4 is 5.90 Å². The lowest BCUT2D eigenvalue weighted by Gasteiger charge is -2.27. The summed E-state index contributed by atoms with van der Waals surface area (Å²) in [5.41, 5.74) is 4.01. The first-order valence-corrected chi connectivity index (χ1v) is 5.63.